The first kappa shape index (κ1) is 13.2. The van der Waals surface area contributed by atoms with Crippen LogP contribution in [0.2, 0.25) is 5.02 Å². The lowest BCUT2D eigenvalue weighted by atomic mass is 10.1. The highest BCUT2D eigenvalue weighted by atomic mass is 35.5. The molecule has 1 fully saturated rings. The van der Waals surface area contributed by atoms with Crippen LogP contribution in [0.5, 0.6) is 0 Å². The van der Waals surface area contributed by atoms with Crippen LogP contribution in [0.4, 0.5) is 5.69 Å². The van der Waals surface area contributed by atoms with E-state index in [1.165, 1.54) is 0 Å². The van der Waals surface area contributed by atoms with Crippen molar-refractivity contribution in [3.05, 3.63) is 28.8 Å². The van der Waals surface area contributed by atoms with Crippen molar-refractivity contribution in [1.29, 1.82) is 0 Å². The Kier molecular flexibility index (Phi) is 4.09. The van der Waals surface area contributed by atoms with Crippen molar-refractivity contribution >= 4 is 23.3 Å². The predicted octanol–water partition coefficient (Wildman–Crippen LogP) is 2.69. The molecule has 2 N–H and O–H groups in total. The Morgan fingerprint density at radius 1 is 1.56 bits per heavy atom. The molecule has 1 heterocycles. The number of carbonyl (C=O) groups is 1. The third kappa shape index (κ3) is 2.94. The molecule has 18 heavy (non-hydrogen) atoms. The highest BCUT2D eigenvalue weighted by molar-refractivity contribution is 6.31. The lowest BCUT2D eigenvalue weighted by Crippen LogP contribution is -2.24. The molecule has 5 heteroatoms. The maximum Gasteiger partial charge on any atom is 0.332 e. The summed E-state index contributed by atoms with van der Waals surface area (Å²) in [6.45, 7) is 2.55. The second kappa shape index (κ2) is 5.59. The summed E-state index contributed by atoms with van der Waals surface area (Å²) in [6, 6.07) is 5.67. The van der Waals surface area contributed by atoms with E-state index >= 15 is 0 Å². The zero-order valence-electron chi connectivity index (χ0n) is 10.1. The number of benzene rings is 1. The molecule has 1 aromatic rings. The first-order valence-electron chi connectivity index (χ1n) is 5.95. The first-order valence-corrected chi connectivity index (χ1v) is 6.33. The van der Waals surface area contributed by atoms with E-state index in [1.54, 1.807) is 0 Å². The van der Waals surface area contributed by atoms with E-state index in [4.69, 9.17) is 21.4 Å². The van der Waals surface area contributed by atoms with Gasteiger partial charge in [-0.2, -0.15) is 0 Å². The third-order valence-corrected chi connectivity index (χ3v) is 3.58. The van der Waals surface area contributed by atoms with Gasteiger partial charge in [-0.25, -0.2) is 4.79 Å². The number of ether oxygens (including phenoxy) is 1. The molecule has 2 unspecified atom stereocenters. The summed E-state index contributed by atoms with van der Waals surface area (Å²) >= 11 is 6.03. The summed E-state index contributed by atoms with van der Waals surface area (Å²) in [5.41, 5.74) is 1.96. The average Bonchev–Trinajstić information content (AvgIpc) is 2.80. The van der Waals surface area contributed by atoms with Crippen LogP contribution in [0.25, 0.3) is 0 Å². The SMILES string of the molecule is Cc1c(Cl)cccc1NCC1CCC(C(=O)O)O1. The highest BCUT2D eigenvalue weighted by Crippen LogP contribution is 2.24. The largest absolute Gasteiger partial charge is 0.479 e. The zero-order valence-corrected chi connectivity index (χ0v) is 10.9. The fourth-order valence-corrected chi connectivity index (χ4v) is 2.23. The molecule has 0 spiro atoms. The molecule has 1 saturated heterocycles. The van der Waals surface area contributed by atoms with Crippen LogP contribution >= 0.6 is 11.6 Å². The van der Waals surface area contributed by atoms with E-state index in [0.717, 1.165) is 22.7 Å². The minimum Gasteiger partial charge on any atom is -0.479 e. The van der Waals surface area contributed by atoms with Gasteiger partial charge < -0.3 is 15.2 Å². The molecule has 0 saturated carbocycles. The smallest absolute Gasteiger partial charge is 0.332 e. The Labute approximate surface area is 111 Å². The summed E-state index contributed by atoms with van der Waals surface area (Å²) in [5, 5.41) is 12.8. The molecule has 0 bridgehead atoms. The standard InChI is InChI=1S/C13H16ClNO3/c1-8-10(14)3-2-4-11(8)15-7-9-5-6-12(18-9)13(16)17/h2-4,9,12,15H,5-7H2,1H3,(H,16,17). The number of nitrogens with one attached hydrogen (secondary N) is 1. The molecule has 2 rings (SSSR count). The molecule has 0 aromatic heterocycles. The van der Waals surface area contributed by atoms with E-state index in [-0.39, 0.29) is 6.10 Å². The summed E-state index contributed by atoms with van der Waals surface area (Å²) in [7, 11) is 0. The number of halogens is 1. The van der Waals surface area contributed by atoms with E-state index in [1.807, 2.05) is 25.1 Å². The van der Waals surface area contributed by atoms with Crippen molar-refractivity contribution in [3.8, 4) is 0 Å². The summed E-state index contributed by atoms with van der Waals surface area (Å²) < 4.78 is 5.42. The lowest BCUT2D eigenvalue weighted by molar-refractivity contribution is -0.149. The number of hydrogen-bond donors (Lipinski definition) is 2. The minimum absolute atomic E-state index is 0.0514. The lowest BCUT2D eigenvalue weighted by Gasteiger charge is -2.15. The quantitative estimate of drug-likeness (QED) is 0.882. The Balaban J connectivity index is 1.89. The van der Waals surface area contributed by atoms with Crippen molar-refractivity contribution in [2.45, 2.75) is 32.0 Å². The normalized spacial score (nSPS) is 23.0. The van der Waals surface area contributed by atoms with Gasteiger partial charge in [0.1, 0.15) is 0 Å². The summed E-state index contributed by atoms with van der Waals surface area (Å²) in [6.07, 6.45) is 0.640. The topological polar surface area (TPSA) is 58.6 Å². The van der Waals surface area contributed by atoms with Gasteiger partial charge in [0.25, 0.3) is 0 Å². The van der Waals surface area contributed by atoms with Gasteiger partial charge in [0.05, 0.1) is 6.10 Å². The Bertz CT molecular complexity index is 450. The Morgan fingerprint density at radius 2 is 2.33 bits per heavy atom. The number of anilines is 1. The molecule has 1 aromatic carbocycles. The van der Waals surface area contributed by atoms with Crippen LogP contribution in [-0.2, 0) is 9.53 Å². The van der Waals surface area contributed by atoms with E-state index in [0.29, 0.717) is 13.0 Å². The van der Waals surface area contributed by atoms with Crippen molar-refractivity contribution in [1.82, 2.24) is 0 Å². The molecule has 2 atom stereocenters. The number of carboxylic acid groups (broad SMARTS) is 1. The van der Waals surface area contributed by atoms with Gasteiger partial charge in [0.15, 0.2) is 6.10 Å². The molecular weight excluding hydrogens is 254 g/mol. The molecular formula is C13H16ClNO3. The van der Waals surface area contributed by atoms with Crippen molar-refractivity contribution in [3.63, 3.8) is 0 Å². The zero-order chi connectivity index (χ0) is 13.1. The van der Waals surface area contributed by atoms with E-state index in [9.17, 15) is 4.79 Å². The molecule has 0 amide bonds. The molecule has 98 valence electrons. The van der Waals surface area contributed by atoms with Gasteiger partial charge in [-0.3, -0.25) is 0 Å². The van der Waals surface area contributed by atoms with Crippen LogP contribution in [0.15, 0.2) is 18.2 Å². The van der Waals surface area contributed by atoms with E-state index in [2.05, 4.69) is 5.32 Å². The van der Waals surface area contributed by atoms with E-state index < -0.39 is 12.1 Å². The average molecular weight is 270 g/mol. The first-order chi connectivity index (χ1) is 8.58. The molecule has 4 nitrogen and oxygen atoms in total. The number of carboxylic acids is 1. The molecule has 0 aliphatic carbocycles. The minimum atomic E-state index is -0.878. The van der Waals surface area contributed by atoms with Crippen LogP contribution in [0.3, 0.4) is 0 Å². The van der Waals surface area contributed by atoms with Gasteiger partial charge in [-0.05, 0) is 37.5 Å². The Morgan fingerprint density at radius 3 is 3.00 bits per heavy atom. The molecule has 1 aliphatic heterocycles. The highest BCUT2D eigenvalue weighted by Gasteiger charge is 2.30. The maximum atomic E-state index is 10.8. The van der Waals surface area contributed by atoms with Gasteiger partial charge >= 0.3 is 5.97 Å². The fourth-order valence-electron chi connectivity index (χ4n) is 2.06. The van der Waals surface area contributed by atoms with Gasteiger partial charge in [-0.15, -0.1) is 0 Å². The van der Waals surface area contributed by atoms with Crippen molar-refractivity contribution in [2.75, 3.05) is 11.9 Å². The number of rotatable bonds is 4. The molecule has 0 radical (unpaired) electrons. The maximum absolute atomic E-state index is 10.8. The second-order valence-corrected chi connectivity index (χ2v) is 4.86. The predicted molar refractivity (Wildman–Crippen MR) is 70.2 cm³/mol. The fraction of sp³-hybridized carbons (Fsp3) is 0.462. The van der Waals surface area contributed by atoms with Gasteiger partial charge in [0.2, 0.25) is 0 Å². The van der Waals surface area contributed by atoms with Crippen molar-refractivity contribution < 1.29 is 14.6 Å². The Hall–Kier alpha value is -1.26. The monoisotopic (exact) mass is 269 g/mol. The number of hydrogen-bond acceptors (Lipinski definition) is 3. The summed E-state index contributed by atoms with van der Waals surface area (Å²) in [4.78, 5) is 10.8. The van der Waals surface area contributed by atoms with Gasteiger partial charge in [-0.1, -0.05) is 17.7 Å². The van der Waals surface area contributed by atoms with Crippen LogP contribution < -0.4 is 5.32 Å². The molecule has 1 aliphatic rings. The summed E-state index contributed by atoms with van der Waals surface area (Å²) in [5.74, 6) is -0.878. The van der Waals surface area contributed by atoms with Crippen molar-refractivity contribution in [2.24, 2.45) is 0 Å². The third-order valence-electron chi connectivity index (χ3n) is 3.17. The number of aliphatic carboxylic acids is 1. The second-order valence-electron chi connectivity index (χ2n) is 4.46. The van der Waals surface area contributed by atoms with Gasteiger partial charge in [0, 0.05) is 17.3 Å². The van der Waals surface area contributed by atoms with Crippen LogP contribution in [0, 0.1) is 6.92 Å². The van der Waals surface area contributed by atoms with Crippen LogP contribution in [0.1, 0.15) is 18.4 Å². The van der Waals surface area contributed by atoms with Crippen LogP contribution in [-0.4, -0.2) is 29.8 Å².